The maximum Gasteiger partial charge on any atom is 0.257 e. The summed E-state index contributed by atoms with van der Waals surface area (Å²) in [4.78, 5) is 19.8. The lowest BCUT2D eigenvalue weighted by molar-refractivity contribution is 0.250. The van der Waals surface area contributed by atoms with E-state index in [0.29, 0.717) is 10.8 Å². The fraction of sp³-hybridized carbons (Fsp3) is 0.115. The summed E-state index contributed by atoms with van der Waals surface area (Å²) in [5.41, 5.74) is 2.35. The third kappa shape index (κ3) is 4.10. The monoisotopic (exact) mass is 426 g/mol. The topological polar surface area (TPSA) is 56.3 Å². The zero-order valence-electron chi connectivity index (χ0n) is 16.9. The second kappa shape index (κ2) is 8.38. The molecular weight excluding hydrogens is 404 g/mol. The summed E-state index contributed by atoms with van der Waals surface area (Å²) in [6.07, 6.45) is 0. The minimum absolute atomic E-state index is 0.142. The number of phenolic OH excluding ortho intramolecular Hbond substituents is 1. The highest BCUT2D eigenvalue weighted by molar-refractivity contribution is 7.18. The van der Waals surface area contributed by atoms with Crippen molar-refractivity contribution in [2.24, 2.45) is 0 Å². The lowest BCUT2D eigenvalue weighted by atomic mass is 10.1. The molecule has 0 fully saturated rings. The van der Waals surface area contributed by atoms with Crippen LogP contribution in [0.4, 0.5) is 0 Å². The molecule has 2 heterocycles. The molecule has 31 heavy (non-hydrogen) atoms. The first-order valence-corrected chi connectivity index (χ1v) is 11.1. The molecule has 2 aromatic heterocycles. The van der Waals surface area contributed by atoms with E-state index in [0.717, 1.165) is 34.7 Å². The number of thiophene rings is 1. The molecule has 5 heteroatoms. The maximum atomic E-state index is 12.5. The number of benzene rings is 3. The lowest BCUT2D eigenvalue weighted by Crippen LogP contribution is -2.21. The van der Waals surface area contributed by atoms with Crippen LogP contribution in [0.2, 0.25) is 0 Å². The number of aromatic hydroxyl groups is 1. The van der Waals surface area contributed by atoms with Crippen molar-refractivity contribution in [1.29, 1.82) is 0 Å². The third-order valence-corrected chi connectivity index (χ3v) is 6.48. The van der Waals surface area contributed by atoms with Gasteiger partial charge in [-0.25, -0.2) is 0 Å². The summed E-state index contributed by atoms with van der Waals surface area (Å²) in [5, 5.41) is 12.5. The SMILES string of the molecule is O=c1[nH]c2sc(CN(Cc3ccccc3)Cc3ccccc3)cc2c2c(O)cccc12. The molecular formula is C26H22N2O2S. The van der Waals surface area contributed by atoms with Crippen LogP contribution in [0.15, 0.2) is 89.7 Å². The molecule has 0 spiro atoms. The number of nitrogens with one attached hydrogen (secondary N) is 1. The second-order valence-electron chi connectivity index (χ2n) is 7.73. The minimum atomic E-state index is -0.169. The van der Waals surface area contributed by atoms with E-state index in [1.807, 2.05) is 12.1 Å². The summed E-state index contributed by atoms with van der Waals surface area (Å²) in [6.45, 7) is 2.40. The predicted molar refractivity (Wildman–Crippen MR) is 127 cm³/mol. The van der Waals surface area contributed by atoms with Crippen molar-refractivity contribution in [1.82, 2.24) is 9.88 Å². The van der Waals surface area contributed by atoms with Crippen molar-refractivity contribution in [3.05, 3.63) is 111 Å². The first kappa shape index (κ1) is 19.5. The Bertz CT molecular complexity index is 1350. The number of nitrogens with zero attached hydrogens (tertiary/aromatic N) is 1. The minimum Gasteiger partial charge on any atom is -0.507 e. The number of aromatic nitrogens is 1. The van der Waals surface area contributed by atoms with Gasteiger partial charge < -0.3 is 10.1 Å². The Morgan fingerprint density at radius 3 is 2.06 bits per heavy atom. The van der Waals surface area contributed by atoms with Crippen molar-refractivity contribution < 1.29 is 5.11 Å². The Morgan fingerprint density at radius 2 is 1.42 bits per heavy atom. The molecule has 154 valence electrons. The molecule has 5 aromatic rings. The molecule has 0 atom stereocenters. The van der Waals surface area contributed by atoms with E-state index in [9.17, 15) is 9.90 Å². The highest BCUT2D eigenvalue weighted by Crippen LogP contribution is 2.34. The van der Waals surface area contributed by atoms with Gasteiger partial charge in [0.15, 0.2) is 0 Å². The fourth-order valence-electron chi connectivity index (χ4n) is 4.05. The second-order valence-corrected chi connectivity index (χ2v) is 8.86. The molecule has 0 aliphatic rings. The van der Waals surface area contributed by atoms with Crippen LogP contribution in [0.25, 0.3) is 21.0 Å². The summed E-state index contributed by atoms with van der Waals surface area (Å²) < 4.78 is 0. The molecule has 5 rings (SSSR count). The standard InChI is InChI=1S/C26H22N2O2S/c29-23-13-7-12-21-24(23)22-14-20(31-26(22)27-25(21)30)17-28(15-18-8-3-1-4-9-18)16-19-10-5-2-6-11-19/h1-14,29H,15-17H2,(H,27,30). The summed E-state index contributed by atoms with van der Waals surface area (Å²) in [6, 6.07) is 28.1. The van der Waals surface area contributed by atoms with Crippen LogP contribution >= 0.6 is 11.3 Å². The molecule has 0 aliphatic carbocycles. The van der Waals surface area contributed by atoms with Crippen molar-refractivity contribution in [3.63, 3.8) is 0 Å². The quantitative estimate of drug-likeness (QED) is 0.369. The van der Waals surface area contributed by atoms with Gasteiger partial charge >= 0.3 is 0 Å². The van der Waals surface area contributed by atoms with Gasteiger partial charge in [0.2, 0.25) is 0 Å². The van der Waals surface area contributed by atoms with E-state index >= 15 is 0 Å². The number of hydrogen-bond donors (Lipinski definition) is 2. The van der Waals surface area contributed by atoms with Crippen LogP contribution in [0, 0.1) is 0 Å². The Labute approximate surface area is 184 Å². The zero-order valence-corrected chi connectivity index (χ0v) is 17.7. The molecule has 2 N–H and O–H groups in total. The van der Waals surface area contributed by atoms with E-state index < -0.39 is 0 Å². The summed E-state index contributed by atoms with van der Waals surface area (Å²) in [5.74, 6) is 0.142. The van der Waals surface area contributed by atoms with Gasteiger partial charge in [0.25, 0.3) is 5.56 Å². The van der Waals surface area contributed by atoms with Gasteiger partial charge in [-0.05, 0) is 29.3 Å². The predicted octanol–water partition coefficient (Wildman–Crippen LogP) is 5.65. The van der Waals surface area contributed by atoms with Crippen LogP contribution in [0.3, 0.4) is 0 Å². The first-order valence-electron chi connectivity index (χ1n) is 10.2. The van der Waals surface area contributed by atoms with Gasteiger partial charge in [-0.15, -0.1) is 11.3 Å². The Kier molecular flexibility index (Phi) is 5.28. The zero-order chi connectivity index (χ0) is 21.2. The molecule has 0 radical (unpaired) electrons. The molecule has 0 saturated heterocycles. The first-order chi connectivity index (χ1) is 15.2. The number of aromatic amines is 1. The van der Waals surface area contributed by atoms with Gasteiger partial charge in [-0.1, -0.05) is 66.7 Å². The Balaban J connectivity index is 1.52. The van der Waals surface area contributed by atoms with Crippen LogP contribution in [0.5, 0.6) is 5.75 Å². The lowest BCUT2D eigenvalue weighted by Gasteiger charge is -2.22. The highest BCUT2D eigenvalue weighted by Gasteiger charge is 2.15. The van der Waals surface area contributed by atoms with Crippen molar-refractivity contribution in [3.8, 4) is 5.75 Å². The summed E-state index contributed by atoms with van der Waals surface area (Å²) >= 11 is 1.58. The van der Waals surface area contributed by atoms with E-state index in [-0.39, 0.29) is 11.3 Å². The largest absolute Gasteiger partial charge is 0.507 e. The van der Waals surface area contributed by atoms with Crippen LogP contribution in [-0.4, -0.2) is 15.0 Å². The number of phenols is 1. The molecule has 0 bridgehead atoms. The van der Waals surface area contributed by atoms with E-state index in [4.69, 9.17) is 0 Å². The van der Waals surface area contributed by atoms with E-state index in [1.165, 1.54) is 11.1 Å². The van der Waals surface area contributed by atoms with Gasteiger partial charge in [0.1, 0.15) is 10.6 Å². The third-order valence-electron chi connectivity index (χ3n) is 5.44. The van der Waals surface area contributed by atoms with E-state index in [2.05, 4.69) is 64.5 Å². The average Bonchev–Trinajstić information content (AvgIpc) is 3.17. The van der Waals surface area contributed by atoms with Gasteiger partial charge in [0, 0.05) is 35.3 Å². The van der Waals surface area contributed by atoms with Gasteiger partial charge in [-0.3, -0.25) is 9.69 Å². The number of pyridine rings is 1. The molecule has 0 saturated carbocycles. The maximum absolute atomic E-state index is 12.5. The van der Waals surface area contributed by atoms with Crippen LogP contribution in [0.1, 0.15) is 16.0 Å². The molecule has 0 aliphatic heterocycles. The van der Waals surface area contributed by atoms with Crippen molar-refractivity contribution in [2.45, 2.75) is 19.6 Å². The van der Waals surface area contributed by atoms with Gasteiger partial charge in [0.05, 0.1) is 5.39 Å². The molecule has 4 nitrogen and oxygen atoms in total. The van der Waals surface area contributed by atoms with Gasteiger partial charge in [-0.2, -0.15) is 0 Å². The van der Waals surface area contributed by atoms with Crippen LogP contribution < -0.4 is 5.56 Å². The highest BCUT2D eigenvalue weighted by atomic mass is 32.1. The average molecular weight is 427 g/mol. The smallest absolute Gasteiger partial charge is 0.257 e. The number of rotatable bonds is 6. The number of H-pyrrole nitrogens is 1. The fourth-order valence-corrected chi connectivity index (χ4v) is 5.15. The molecule has 0 unspecified atom stereocenters. The van der Waals surface area contributed by atoms with Crippen molar-refractivity contribution in [2.75, 3.05) is 0 Å². The van der Waals surface area contributed by atoms with Crippen molar-refractivity contribution >= 4 is 32.3 Å². The molecule has 3 aromatic carbocycles. The number of hydrogen-bond acceptors (Lipinski definition) is 4. The normalized spacial score (nSPS) is 11.5. The number of fused-ring (bicyclic) bond motifs is 3. The van der Waals surface area contributed by atoms with E-state index in [1.54, 1.807) is 29.5 Å². The van der Waals surface area contributed by atoms with Crippen LogP contribution in [-0.2, 0) is 19.6 Å². The Morgan fingerprint density at radius 1 is 0.774 bits per heavy atom. The summed E-state index contributed by atoms with van der Waals surface area (Å²) in [7, 11) is 0. The molecule has 0 amide bonds. The Hall–Kier alpha value is -3.41.